The number of hydrogen-bond donors (Lipinski definition) is 1. The predicted octanol–water partition coefficient (Wildman–Crippen LogP) is 4.23. The summed E-state index contributed by atoms with van der Waals surface area (Å²) in [6, 6.07) is 6.30. The van der Waals surface area contributed by atoms with E-state index in [4.69, 9.17) is 5.73 Å². The van der Waals surface area contributed by atoms with Crippen molar-refractivity contribution in [3.8, 4) is 0 Å². The number of ketones is 1. The van der Waals surface area contributed by atoms with Crippen LogP contribution in [0.5, 0.6) is 0 Å². The number of carbonyl (C=O) groups excluding carboxylic acids is 1. The number of nitrogens with zero attached hydrogens (tertiary/aromatic N) is 5. The fourth-order valence-corrected chi connectivity index (χ4v) is 5.01. The number of fused-ring (bicyclic) bond motifs is 1. The number of anilines is 2. The topological polar surface area (TPSA) is 89.9 Å². The molecule has 0 radical (unpaired) electrons. The first-order valence-electron chi connectivity index (χ1n) is 11.9. The molecule has 3 aliphatic rings. The Morgan fingerprint density at radius 2 is 2.03 bits per heavy atom. The van der Waals surface area contributed by atoms with E-state index in [9.17, 15) is 4.79 Å². The Kier molecular flexibility index (Phi) is 5.64. The smallest absolute Gasteiger partial charge is 0.162 e. The van der Waals surface area contributed by atoms with Gasteiger partial charge in [-0.2, -0.15) is 5.10 Å². The Morgan fingerprint density at radius 3 is 2.67 bits per heavy atom. The summed E-state index contributed by atoms with van der Waals surface area (Å²) in [6.45, 7) is 6.74. The van der Waals surface area contributed by atoms with Gasteiger partial charge in [0, 0.05) is 31.7 Å². The summed E-state index contributed by atoms with van der Waals surface area (Å²) in [5, 5.41) is 4.22. The highest BCUT2D eigenvalue weighted by molar-refractivity contribution is 5.93. The molecule has 6 rings (SSSR count). The van der Waals surface area contributed by atoms with Gasteiger partial charge in [0.05, 0.1) is 18.3 Å². The van der Waals surface area contributed by atoms with E-state index in [1.807, 2.05) is 6.20 Å². The molecule has 1 atom stereocenters. The number of aromatic nitrogens is 4. The van der Waals surface area contributed by atoms with Crippen molar-refractivity contribution in [2.45, 2.75) is 58.4 Å². The normalized spacial score (nSPS) is 19.8. The Labute approximate surface area is 195 Å². The van der Waals surface area contributed by atoms with Crippen LogP contribution < -0.4 is 10.6 Å². The Morgan fingerprint density at radius 1 is 1.18 bits per heavy atom. The monoisotopic (exact) mass is 444 g/mol. The van der Waals surface area contributed by atoms with Crippen molar-refractivity contribution in [2.24, 2.45) is 5.41 Å². The molecule has 1 unspecified atom stereocenters. The standard InChI is InChI=1S/C17H20N4O.C9H12N2/c1-13(22)15-9-19-21(11-15)10-14-2-3-16(18-8-14)20-7-6-17(12-20)4-5-17;1-6-2-3-8-7(6)4-5-11-9(8)10/h2-3,8-9,11H,4-7,10,12H2,1H3;4-6H,2-3H2,1H3,(H2,10,11). The van der Waals surface area contributed by atoms with Crippen molar-refractivity contribution in [1.29, 1.82) is 0 Å². The number of nitrogen functional groups attached to an aromatic ring is 1. The van der Waals surface area contributed by atoms with Gasteiger partial charge in [-0.1, -0.05) is 13.0 Å². The predicted molar refractivity (Wildman–Crippen MR) is 129 cm³/mol. The van der Waals surface area contributed by atoms with Gasteiger partial charge >= 0.3 is 0 Å². The Balaban J connectivity index is 0.000000174. The second-order valence-corrected chi connectivity index (χ2v) is 9.88. The maximum Gasteiger partial charge on any atom is 0.162 e. The maximum absolute atomic E-state index is 11.3. The number of Topliss-reactive ketones (excluding diaryl/α,β-unsaturated/α-hetero) is 1. The summed E-state index contributed by atoms with van der Waals surface area (Å²) in [5.41, 5.74) is 10.8. The van der Waals surface area contributed by atoms with E-state index >= 15 is 0 Å². The number of carbonyl (C=O) groups is 1. The van der Waals surface area contributed by atoms with Gasteiger partial charge in [0.25, 0.3) is 0 Å². The maximum atomic E-state index is 11.3. The van der Waals surface area contributed by atoms with E-state index in [1.54, 1.807) is 30.2 Å². The average molecular weight is 445 g/mol. The summed E-state index contributed by atoms with van der Waals surface area (Å²) < 4.78 is 1.78. The first-order valence-corrected chi connectivity index (χ1v) is 11.9. The summed E-state index contributed by atoms with van der Waals surface area (Å²) >= 11 is 0. The fourth-order valence-electron chi connectivity index (χ4n) is 5.01. The number of pyridine rings is 2. The minimum Gasteiger partial charge on any atom is -0.383 e. The van der Waals surface area contributed by atoms with Gasteiger partial charge in [0.15, 0.2) is 5.78 Å². The highest BCUT2D eigenvalue weighted by Crippen LogP contribution is 2.53. The van der Waals surface area contributed by atoms with Crippen molar-refractivity contribution in [2.75, 3.05) is 23.7 Å². The van der Waals surface area contributed by atoms with E-state index in [0.29, 0.717) is 23.4 Å². The van der Waals surface area contributed by atoms with Gasteiger partial charge < -0.3 is 10.6 Å². The molecule has 2 fully saturated rings. The van der Waals surface area contributed by atoms with Gasteiger partial charge in [0.2, 0.25) is 0 Å². The highest BCUT2D eigenvalue weighted by Gasteiger charge is 2.47. The van der Waals surface area contributed by atoms with Crippen molar-refractivity contribution in [1.82, 2.24) is 19.7 Å². The molecule has 33 heavy (non-hydrogen) atoms. The molecule has 7 heteroatoms. The van der Waals surface area contributed by atoms with E-state index in [1.165, 1.54) is 43.4 Å². The quantitative estimate of drug-likeness (QED) is 0.606. The number of nitrogens with two attached hydrogens (primary N) is 1. The van der Waals surface area contributed by atoms with Crippen LogP contribution in [-0.4, -0.2) is 38.6 Å². The molecular formula is C26H32N6O. The van der Waals surface area contributed by atoms with Crippen molar-refractivity contribution >= 4 is 17.4 Å². The van der Waals surface area contributed by atoms with Gasteiger partial charge in [0.1, 0.15) is 11.6 Å². The van der Waals surface area contributed by atoms with E-state index in [0.717, 1.165) is 30.2 Å². The number of rotatable bonds is 4. The molecule has 1 saturated heterocycles. The minimum absolute atomic E-state index is 0.0442. The average Bonchev–Trinajstić information content (AvgIpc) is 3.12. The lowest BCUT2D eigenvalue weighted by atomic mass is 10.1. The molecule has 1 aliphatic heterocycles. The molecule has 172 valence electrons. The molecule has 1 spiro atoms. The van der Waals surface area contributed by atoms with Crippen LogP contribution in [0.15, 0.2) is 43.0 Å². The SMILES string of the molecule is CC(=O)c1cnn(Cc2ccc(N3CCC4(CC4)C3)nc2)c1.CC1CCc2c1ccnc2N. The largest absolute Gasteiger partial charge is 0.383 e. The molecule has 7 nitrogen and oxygen atoms in total. The highest BCUT2D eigenvalue weighted by atomic mass is 16.1. The van der Waals surface area contributed by atoms with Crippen LogP contribution in [0.1, 0.15) is 72.5 Å². The molecule has 0 bridgehead atoms. The van der Waals surface area contributed by atoms with Crippen LogP contribution in [0.25, 0.3) is 0 Å². The Hall–Kier alpha value is -3.22. The first-order chi connectivity index (χ1) is 15.9. The van der Waals surface area contributed by atoms with Crippen molar-refractivity contribution in [3.63, 3.8) is 0 Å². The first kappa shape index (κ1) is 21.6. The summed E-state index contributed by atoms with van der Waals surface area (Å²) in [4.78, 5) is 22.4. The van der Waals surface area contributed by atoms with Crippen molar-refractivity contribution < 1.29 is 4.79 Å². The van der Waals surface area contributed by atoms with Gasteiger partial charge in [-0.3, -0.25) is 9.48 Å². The lowest BCUT2D eigenvalue weighted by Gasteiger charge is -2.17. The lowest BCUT2D eigenvalue weighted by molar-refractivity contribution is 0.101. The zero-order chi connectivity index (χ0) is 23.0. The minimum atomic E-state index is 0.0442. The third-order valence-corrected chi connectivity index (χ3v) is 7.40. The van der Waals surface area contributed by atoms with Crippen LogP contribution in [-0.2, 0) is 13.0 Å². The molecule has 2 N–H and O–H groups in total. The Bertz CT molecular complexity index is 1150. The van der Waals surface area contributed by atoms with Crippen LogP contribution in [0.2, 0.25) is 0 Å². The van der Waals surface area contributed by atoms with E-state index in [-0.39, 0.29) is 5.78 Å². The van der Waals surface area contributed by atoms with Crippen LogP contribution >= 0.6 is 0 Å². The molecule has 1 saturated carbocycles. The molecule has 3 aromatic rings. The van der Waals surface area contributed by atoms with Crippen LogP contribution in [0, 0.1) is 5.41 Å². The molecule has 4 heterocycles. The molecule has 0 amide bonds. The fraction of sp³-hybridized carbons (Fsp3) is 0.462. The zero-order valence-corrected chi connectivity index (χ0v) is 19.5. The summed E-state index contributed by atoms with van der Waals surface area (Å²) in [6.07, 6.45) is 13.5. The molecule has 3 aromatic heterocycles. The van der Waals surface area contributed by atoms with Crippen molar-refractivity contribution in [3.05, 3.63) is 65.2 Å². The third-order valence-electron chi connectivity index (χ3n) is 7.40. The van der Waals surface area contributed by atoms with Gasteiger partial charge in [-0.05, 0) is 79.2 Å². The van der Waals surface area contributed by atoms with Crippen LogP contribution in [0.3, 0.4) is 0 Å². The lowest BCUT2D eigenvalue weighted by Crippen LogP contribution is -2.21. The zero-order valence-electron chi connectivity index (χ0n) is 19.5. The molecule has 0 aromatic carbocycles. The molecule has 2 aliphatic carbocycles. The number of hydrogen-bond acceptors (Lipinski definition) is 6. The molecular weight excluding hydrogens is 412 g/mol. The second-order valence-electron chi connectivity index (χ2n) is 9.88. The van der Waals surface area contributed by atoms with Crippen LogP contribution in [0.4, 0.5) is 11.6 Å². The van der Waals surface area contributed by atoms with E-state index < -0.39 is 0 Å². The van der Waals surface area contributed by atoms with E-state index in [2.05, 4.69) is 45.1 Å². The van der Waals surface area contributed by atoms with Gasteiger partial charge in [-0.15, -0.1) is 0 Å². The van der Waals surface area contributed by atoms with Gasteiger partial charge in [-0.25, -0.2) is 9.97 Å². The summed E-state index contributed by atoms with van der Waals surface area (Å²) in [7, 11) is 0. The summed E-state index contributed by atoms with van der Waals surface area (Å²) in [5.74, 6) is 2.53. The third kappa shape index (κ3) is 4.63. The second kappa shape index (κ2) is 8.61.